The van der Waals surface area contributed by atoms with Crippen molar-refractivity contribution >= 4 is 39.3 Å². The summed E-state index contributed by atoms with van der Waals surface area (Å²) in [6, 6.07) is 4.89. The van der Waals surface area contributed by atoms with E-state index in [1.807, 2.05) is 0 Å². The van der Waals surface area contributed by atoms with Crippen molar-refractivity contribution < 1.29 is 14.3 Å². The minimum absolute atomic E-state index is 0.0202. The number of carbonyl (C=O) groups excluding carboxylic acids is 2. The molecule has 0 aliphatic carbocycles. The summed E-state index contributed by atoms with van der Waals surface area (Å²) in [5, 5.41) is 0.594. The fourth-order valence-electron chi connectivity index (χ4n) is 1.40. The third-order valence-corrected chi connectivity index (χ3v) is 2.99. The molecule has 0 saturated carbocycles. The molecule has 0 aromatic heterocycles. The highest BCUT2D eigenvalue weighted by molar-refractivity contribution is 9.09. The number of carbonyl (C=O) groups is 2. The number of benzene rings is 1. The van der Waals surface area contributed by atoms with Crippen molar-refractivity contribution in [2.45, 2.75) is 12.3 Å². The number of alkyl halides is 2. The van der Waals surface area contributed by atoms with E-state index in [1.54, 1.807) is 12.1 Å². The van der Waals surface area contributed by atoms with E-state index >= 15 is 0 Å². The Morgan fingerprint density at radius 2 is 2.12 bits per heavy atom. The quantitative estimate of drug-likeness (QED) is 0.475. The zero-order valence-corrected chi connectivity index (χ0v) is 11.7. The van der Waals surface area contributed by atoms with Gasteiger partial charge in [-0.25, -0.2) is 4.79 Å². The molecule has 17 heavy (non-hydrogen) atoms. The molecule has 92 valence electrons. The molecular formula is C12H12BrClO3. The zero-order chi connectivity index (χ0) is 12.8. The summed E-state index contributed by atoms with van der Waals surface area (Å²) in [5.74, 6) is -0.292. The average molecular weight is 320 g/mol. The van der Waals surface area contributed by atoms with Crippen LogP contribution in [0.2, 0.25) is 0 Å². The van der Waals surface area contributed by atoms with Gasteiger partial charge < -0.3 is 4.74 Å². The molecule has 0 bridgehead atoms. The predicted octanol–water partition coefficient (Wildman–Crippen LogP) is 3.18. The van der Waals surface area contributed by atoms with E-state index in [9.17, 15) is 9.59 Å². The standard InChI is InChI=1S/C12H12BrClO3/c1-17-12(16)10-6-8(11(15)4-5-13)2-3-9(10)7-14/h2-3,6H,4-5,7H2,1H3. The number of hydrogen-bond acceptors (Lipinski definition) is 3. The largest absolute Gasteiger partial charge is 0.465 e. The lowest BCUT2D eigenvalue weighted by molar-refractivity contribution is 0.0600. The van der Waals surface area contributed by atoms with E-state index < -0.39 is 5.97 Å². The molecule has 0 atom stereocenters. The van der Waals surface area contributed by atoms with Crippen molar-refractivity contribution in [3.05, 3.63) is 34.9 Å². The average Bonchev–Trinajstić information content (AvgIpc) is 2.37. The Bertz CT molecular complexity index is 432. The summed E-state index contributed by atoms with van der Waals surface area (Å²) in [5.41, 5.74) is 1.51. The van der Waals surface area contributed by atoms with Gasteiger partial charge in [0.05, 0.1) is 12.7 Å². The van der Waals surface area contributed by atoms with Gasteiger partial charge in [0.25, 0.3) is 0 Å². The molecule has 0 saturated heterocycles. The van der Waals surface area contributed by atoms with E-state index in [0.29, 0.717) is 28.4 Å². The van der Waals surface area contributed by atoms with Crippen LogP contribution in [0.4, 0.5) is 0 Å². The van der Waals surface area contributed by atoms with Gasteiger partial charge >= 0.3 is 5.97 Å². The first-order valence-corrected chi connectivity index (χ1v) is 6.66. The fraction of sp³-hybridized carbons (Fsp3) is 0.333. The van der Waals surface area contributed by atoms with Crippen molar-refractivity contribution in [2.24, 2.45) is 0 Å². The van der Waals surface area contributed by atoms with Crippen molar-refractivity contribution in [3.63, 3.8) is 0 Å². The summed E-state index contributed by atoms with van der Waals surface area (Å²) in [6.07, 6.45) is 0.390. The third kappa shape index (κ3) is 3.54. The predicted molar refractivity (Wildman–Crippen MR) is 70.1 cm³/mol. The van der Waals surface area contributed by atoms with E-state index in [2.05, 4.69) is 20.7 Å². The van der Waals surface area contributed by atoms with Gasteiger partial charge in [-0.15, -0.1) is 11.6 Å². The van der Waals surface area contributed by atoms with Crippen LogP contribution in [0.5, 0.6) is 0 Å². The number of methoxy groups -OCH3 is 1. The van der Waals surface area contributed by atoms with Crippen LogP contribution in [0.3, 0.4) is 0 Å². The molecule has 0 amide bonds. The van der Waals surface area contributed by atoms with Gasteiger partial charge in [-0.05, 0) is 11.6 Å². The molecule has 0 N–H and O–H groups in total. The molecule has 0 radical (unpaired) electrons. The Kier molecular flexibility index (Phi) is 5.65. The second-order valence-corrected chi connectivity index (χ2v) is 4.42. The molecule has 0 heterocycles. The number of ketones is 1. The van der Waals surface area contributed by atoms with Crippen LogP contribution in [-0.4, -0.2) is 24.2 Å². The van der Waals surface area contributed by atoms with E-state index in [4.69, 9.17) is 11.6 Å². The van der Waals surface area contributed by atoms with Crippen LogP contribution in [0.15, 0.2) is 18.2 Å². The maximum Gasteiger partial charge on any atom is 0.338 e. The van der Waals surface area contributed by atoms with Gasteiger partial charge in [-0.1, -0.05) is 28.1 Å². The van der Waals surface area contributed by atoms with Crippen LogP contribution in [-0.2, 0) is 10.6 Å². The molecule has 3 nitrogen and oxygen atoms in total. The monoisotopic (exact) mass is 318 g/mol. The van der Waals surface area contributed by atoms with Crippen LogP contribution >= 0.6 is 27.5 Å². The first kappa shape index (κ1) is 14.2. The lowest BCUT2D eigenvalue weighted by Gasteiger charge is -2.07. The Morgan fingerprint density at radius 3 is 2.65 bits per heavy atom. The number of rotatable bonds is 5. The Morgan fingerprint density at radius 1 is 1.41 bits per heavy atom. The summed E-state index contributed by atoms with van der Waals surface area (Å²) in [7, 11) is 1.30. The summed E-state index contributed by atoms with van der Waals surface area (Å²) < 4.78 is 4.66. The second-order valence-electron chi connectivity index (χ2n) is 3.36. The third-order valence-electron chi connectivity index (χ3n) is 2.30. The van der Waals surface area contributed by atoms with Crippen molar-refractivity contribution in [1.82, 2.24) is 0 Å². The Hall–Kier alpha value is -0.870. The summed E-state index contributed by atoms with van der Waals surface area (Å²) in [4.78, 5) is 23.2. The highest BCUT2D eigenvalue weighted by Crippen LogP contribution is 2.17. The van der Waals surface area contributed by atoms with E-state index in [-0.39, 0.29) is 11.7 Å². The first-order valence-electron chi connectivity index (χ1n) is 5.00. The topological polar surface area (TPSA) is 43.4 Å². The van der Waals surface area contributed by atoms with Crippen LogP contribution in [0, 0.1) is 0 Å². The van der Waals surface area contributed by atoms with Crippen LogP contribution in [0.1, 0.15) is 32.7 Å². The van der Waals surface area contributed by atoms with Gasteiger partial charge in [0.15, 0.2) is 5.78 Å². The van der Waals surface area contributed by atoms with Crippen molar-refractivity contribution in [3.8, 4) is 0 Å². The molecule has 1 aromatic carbocycles. The molecule has 1 aromatic rings. The lowest BCUT2D eigenvalue weighted by Crippen LogP contribution is -2.08. The molecule has 0 unspecified atom stereocenters. The lowest BCUT2D eigenvalue weighted by atomic mass is 10.0. The van der Waals surface area contributed by atoms with Gasteiger partial charge in [0.1, 0.15) is 0 Å². The molecule has 0 fully saturated rings. The minimum Gasteiger partial charge on any atom is -0.465 e. The number of ether oxygens (including phenoxy) is 1. The molecule has 0 spiro atoms. The Labute approximate surface area is 113 Å². The molecule has 5 heteroatoms. The molecule has 0 aliphatic heterocycles. The fourth-order valence-corrected chi connectivity index (χ4v) is 1.99. The minimum atomic E-state index is -0.478. The zero-order valence-electron chi connectivity index (χ0n) is 9.33. The van der Waals surface area contributed by atoms with Crippen molar-refractivity contribution in [2.75, 3.05) is 12.4 Å². The smallest absolute Gasteiger partial charge is 0.338 e. The number of Topliss-reactive ketones (excluding diaryl/α,β-unsaturated/α-hetero) is 1. The maximum atomic E-state index is 11.7. The summed E-state index contributed by atoms with van der Waals surface area (Å²) in [6.45, 7) is 0. The number of halogens is 2. The van der Waals surface area contributed by atoms with Crippen molar-refractivity contribution in [1.29, 1.82) is 0 Å². The number of hydrogen-bond donors (Lipinski definition) is 0. The van der Waals surface area contributed by atoms with Crippen LogP contribution < -0.4 is 0 Å². The molecule has 1 rings (SSSR count). The van der Waals surface area contributed by atoms with Crippen LogP contribution in [0.25, 0.3) is 0 Å². The molecule has 0 aliphatic rings. The highest BCUT2D eigenvalue weighted by atomic mass is 79.9. The van der Waals surface area contributed by atoms with Gasteiger partial charge in [-0.2, -0.15) is 0 Å². The van der Waals surface area contributed by atoms with E-state index in [0.717, 1.165) is 0 Å². The molecular weight excluding hydrogens is 307 g/mol. The SMILES string of the molecule is COC(=O)c1cc(C(=O)CCBr)ccc1CCl. The van der Waals surface area contributed by atoms with Gasteiger partial charge in [0, 0.05) is 23.2 Å². The maximum absolute atomic E-state index is 11.7. The van der Waals surface area contributed by atoms with Gasteiger partial charge in [0.2, 0.25) is 0 Å². The van der Waals surface area contributed by atoms with Gasteiger partial charge in [-0.3, -0.25) is 4.79 Å². The van der Waals surface area contributed by atoms with E-state index in [1.165, 1.54) is 13.2 Å². The first-order chi connectivity index (χ1) is 8.13. The Balaban J connectivity index is 3.13. The summed E-state index contributed by atoms with van der Waals surface area (Å²) >= 11 is 8.93. The second kappa shape index (κ2) is 6.77. The highest BCUT2D eigenvalue weighted by Gasteiger charge is 2.14. The normalized spacial score (nSPS) is 10.1. The number of esters is 1.